The number of benzene rings is 1. The molecule has 1 aliphatic heterocycles. The second-order valence-corrected chi connectivity index (χ2v) is 5.74. The minimum Gasteiger partial charge on any atom is -0.372 e. The smallest absolute Gasteiger partial charge is 0.252 e. The second kappa shape index (κ2) is 5.26. The quantitative estimate of drug-likeness (QED) is 0.666. The summed E-state index contributed by atoms with van der Waals surface area (Å²) in [5.74, 6) is -0.229. The van der Waals surface area contributed by atoms with Crippen LogP contribution < -0.4 is 5.32 Å². The molecule has 1 aromatic carbocycles. The van der Waals surface area contributed by atoms with Gasteiger partial charge in [0, 0.05) is 15.3 Å². The monoisotopic (exact) mass is 358 g/mol. The molecule has 4 nitrogen and oxygen atoms in total. The van der Waals surface area contributed by atoms with Crippen molar-refractivity contribution in [2.24, 2.45) is 0 Å². The van der Waals surface area contributed by atoms with E-state index < -0.39 is 6.04 Å². The molecule has 1 heterocycles. The predicted molar refractivity (Wildman–Crippen MR) is 78.2 cm³/mol. The van der Waals surface area contributed by atoms with Gasteiger partial charge in [-0.05, 0) is 48.6 Å². The van der Waals surface area contributed by atoms with Crippen LogP contribution in [0.4, 0.5) is 5.69 Å². The number of hydrogen-bond acceptors (Lipinski definition) is 3. The Kier molecular flexibility index (Phi) is 3.89. The molecule has 1 N–H and O–H groups in total. The fourth-order valence-electron chi connectivity index (χ4n) is 2.07. The molecule has 1 aromatic rings. The molecule has 1 saturated heterocycles. The van der Waals surface area contributed by atoms with Gasteiger partial charge in [0.1, 0.15) is 6.04 Å². The number of likely N-dealkylation sites (tertiary alicyclic amines) is 1. The van der Waals surface area contributed by atoms with Gasteiger partial charge >= 0.3 is 0 Å². The van der Waals surface area contributed by atoms with Crippen LogP contribution in [0.2, 0.25) is 0 Å². The van der Waals surface area contributed by atoms with Crippen LogP contribution in [0.1, 0.15) is 20.3 Å². The summed E-state index contributed by atoms with van der Waals surface area (Å²) in [6, 6.07) is 7.21. The summed E-state index contributed by atoms with van der Waals surface area (Å²) in [7, 11) is 0. The zero-order valence-corrected chi connectivity index (χ0v) is 12.5. The number of carbonyl (C=O) groups is 2. The van der Waals surface area contributed by atoms with E-state index in [1.54, 1.807) is 0 Å². The van der Waals surface area contributed by atoms with Crippen LogP contribution in [0, 0.1) is 3.57 Å². The van der Waals surface area contributed by atoms with Crippen molar-refractivity contribution >= 4 is 40.1 Å². The highest BCUT2D eigenvalue weighted by atomic mass is 127. The number of nitrogens with one attached hydrogen (secondary N) is 1. The molecule has 1 unspecified atom stereocenters. The van der Waals surface area contributed by atoms with Crippen LogP contribution in [0.5, 0.6) is 0 Å². The molecule has 5 heteroatoms. The molecule has 0 spiro atoms. The number of halogens is 1. The first kappa shape index (κ1) is 13.3. The minimum atomic E-state index is -0.434. The van der Waals surface area contributed by atoms with E-state index in [1.165, 1.54) is 4.90 Å². The standard InChI is InChI=1S/C13H15IN2O2/c1-8(2)16-12(17)7-11(13(16)18)15-10-6-4-3-5-9(10)14/h3-6,8,11,15H,7H2,1-2H3. The maximum atomic E-state index is 12.1. The highest BCUT2D eigenvalue weighted by Gasteiger charge is 2.39. The van der Waals surface area contributed by atoms with E-state index in [4.69, 9.17) is 0 Å². The Hall–Kier alpha value is -1.11. The van der Waals surface area contributed by atoms with E-state index in [1.807, 2.05) is 38.1 Å². The van der Waals surface area contributed by atoms with E-state index in [0.29, 0.717) is 0 Å². The maximum Gasteiger partial charge on any atom is 0.252 e. The third-order valence-corrected chi connectivity index (χ3v) is 3.84. The minimum absolute atomic E-state index is 0.0772. The van der Waals surface area contributed by atoms with Gasteiger partial charge in [-0.15, -0.1) is 0 Å². The van der Waals surface area contributed by atoms with E-state index in [0.717, 1.165) is 9.26 Å². The molecule has 0 bridgehead atoms. The third-order valence-electron chi connectivity index (χ3n) is 2.90. The SMILES string of the molecule is CC(C)N1C(=O)CC(Nc2ccccc2I)C1=O. The molecule has 2 rings (SSSR count). The molecule has 1 fully saturated rings. The fraction of sp³-hybridized carbons (Fsp3) is 0.385. The molecule has 1 atom stereocenters. The molecule has 96 valence electrons. The number of nitrogens with zero attached hydrogens (tertiary/aromatic N) is 1. The fourth-order valence-corrected chi connectivity index (χ4v) is 2.62. The van der Waals surface area contributed by atoms with Gasteiger partial charge in [0.25, 0.3) is 5.91 Å². The predicted octanol–water partition coefficient (Wildman–Crippen LogP) is 2.24. The van der Waals surface area contributed by atoms with Crippen LogP contribution >= 0.6 is 22.6 Å². The summed E-state index contributed by atoms with van der Waals surface area (Å²) in [6.07, 6.45) is 0.238. The highest BCUT2D eigenvalue weighted by Crippen LogP contribution is 2.23. The molecule has 0 radical (unpaired) electrons. The Morgan fingerprint density at radius 3 is 2.56 bits per heavy atom. The van der Waals surface area contributed by atoms with Crippen molar-refractivity contribution in [3.63, 3.8) is 0 Å². The zero-order chi connectivity index (χ0) is 13.3. The first-order chi connectivity index (χ1) is 8.50. The van der Waals surface area contributed by atoms with Gasteiger partial charge < -0.3 is 5.32 Å². The highest BCUT2D eigenvalue weighted by molar-refractivity contribution is 14.1. The molecule has 2 amide bonds. The van der Waals surface area contributed by atoms with Gasteiger partial charge in [0.2, 0.25) is 5.91 Å². The summed E-state index contributed by atoms with van der Waals surface area (Å²) in [5.41, 5.74) is 0.898. The van der Waals surface area contributed by atoms with E-state index in [-0.39, 0.29) is 24.3 Å². The lowest BCUT2D eigenvalue weighted by Crippen LogP contribution is -2.39. The van der Waals surface area contributed by atoms with Crippen LogP contribution in [0.3, 0.4) is 0 Å². The van der Waals surface area contributed by atoms with Crippen LogP contribution in [-0.4, -0.2) is 28.8 Å². The Morgan fingerprint density at radius 1 is 1.33 bits per heavy atom. The van der Waals surface area contributed by atoms with Gasteiger partial charge in [0.15, 0.2) is 0 Å². The van der Waals surface area contributed by atoms with E-state index >= 15 is 0 Å². The topological polar surface area (TPSA) is 49.4 Å². The average molecular weight is 358 g/mol. The zero-order valence-electron chi connectivity index (χ0n) is 10.3. The molecule has 1 aliphatic rings. The Labute approximate surface area is 120 Å². The van der Waals surface area contributed by atoms with Gasteiger partial charge in [-0.2, -0.15) is 0 Å². The molecule has 0 aromatic heterocycles. The van der Waals surface area contributed by atoms with E-state index in [9.17, 15) is 9.59 Å². The molecule has 0 aliphatic carbocycles. The summed E-state index contributed by atoms with van der Waals surface area (Å²) in [5, 5.41) is 3.15. The number of rotatable bonds is 3. The number of para-hydroxylation sites is 1. The summed E-state index contributed by atoms with van der Waals surface area (Å²) >= 11 is 2.21. The lowest BCUT2D eigenvalue weighted by atomic mass is 10.2. The molecule has 0 saturated carbocycles. The number of hydrogen-bond donors (Lipinski definition) is 1. The van der Waals surface area contributed by atoms with Gasteiger partial charge in [-0.25, -0.2) is 0 Å². The lowest BCUT2D eigenvalue weighted by molar-refractivity contribution is -0.140. The van der Waals surface area contributed by atoms with Crippen molar-refractivity contribution in [2.75, 3.05) is 5.32 Å². The van der Waals surface area contributed by atoms with E-state index in [2.05, 4.69) is 27.9 Å². The van der Waals surface area contributed by atoms with Crippen molar-refractivity contribution < 1.29 is 9.59 Å². The van der Waals surface area contributed by atoms with Gasteiger partial charge in [-0.1, -0.05) is 12.1 Å². The van der Waals surface area contributed by atoms with Crippen LogP contribution in [-0.2, 0) is 9.59 Å². The first-order valence-electron chi connectivity index (χ1n) is 5.87. The number of carbonyl (C=O) groups excluding carboxylic acids is 2. The molecule has 18 heavy (non-hydrogen) atoms. The normalized spacial score (nSPS) is 19.8. The Bertz CT molecular complexity index is 488. The number of imide groups is 1. The summed E-state index contributed by atoms with van der Waals surface area (Å²) in [6.45, 7) is 3.70. The summed E-state index contributed by atoms with van der Waals surface area (Å²) < 4.78 is 1.04. The van der Waals surface area contributed by atoms with Crippen LogP contribution in [0.25, 0.3) is 0 Å². The average Bonchev–Trinajstić information content (AvgIpc) is 2.57. The molecular formula is C13H15IN2O2. The van der Waals surface area contributed by atoms with Gasteiger partial charge in [0.05, 0.1) is 6.42 Å². The lowest BCUT2D eigenvalue weighted by Gasteiger charge is -2.19. The Balaban J connectivity index is 2.15. The molecular weight excluding hydrogens is 343 g/mol. The third kappa shape index (κ3) is 2.50. The second-order valence-electron chi connectivity index (χ2n) is 4.58. The van der Waals surface area contributed by atoms with Crippen molar-refractivity contribution in [3.8, 4) is 0 Å². The van der Waals surface area contributed by atoms with Crippen molar-refractivity contribution in [2.45, 2.75) is 32.4 Å². The largest absolute Gasteiger partial charge is 0.372 e. The van der Waals surface area contributed by atoms with Crippen molar-refractivity contribution in [3.05, 3.63) is 27.8 Å². The number of amides is 2. The summed E-state index contributed by atoms with van der Waals surface area (Å²) in [4.78, 5) is 25.2. The van der Waals surface area contributed by atoms with Crippen molar-refractivity contribution in [1.82, 2.24) is 4.90 Å². The number of anilines is 1. The van der Waals surface area contributed by atoms with Crippen molar-refractivity contribution in [1.29, 1.82) is 0 Å². The van der Waals surface area contributed by atoms with Crippen LogP contribution in [0.15, 0.2) is 24.3 Å². The first-order valence-corrected chi connectivity index (χ1v) is 6.95. The van der Waals surface area contributed by atoms with Gasteiger partial charge in [-0.3, -0.25) is 14.5 Å². The Morgan fingerprint density at radius 2 is 2.00 bits per heavy atom. The maximum absolute atomic E-state index is 12.1.